The minimum Gasteiger partial charge on any atom is -0.361 e. The smallest absolute Gasteiger partial charge is 0.246 e. The van der Waals surface area contributed by atoms with Crippen LogP contribution in [0.2, 0.25) is 0 Å². The van der Waals surface area contributed by atoms with Crippen molar-refractivity contribution < 1.29 is 4.79 Å². The summed E-state index contributed by atoms with van der Waals surface area (Å²) in [5.41, 5.74) is 5.60. The molecule has 0 fully saturated rings. The highest BCUT2D eigenvalue weighted by Crippen LogP contribution is 2.35. The molecule has 1 atom stereocenters. The summed E-state index contributed by atoms with van der Waals surface area (Å²) in [7, 11) is 0. The molecule has 0 spiro atoms. The predicted molar refractivity (Wildman–Crippen MR) is 106 cm³/mol. The zero-order valence-electron chi connectivity index (χ0n) is 15.7. The first kappa shape index (κ1) is 18.0. The third kappa shape index (κ3) is 3.43. The first-order chi connectivity index (χ1) is 12.5. The van der Waals surface area contributed by atoms with Crippen LogP contribution in [0.15, 0.2) is 42.5 Å². The van der Waals surface area contributed by atoms with Crippen molar-refractivity contribution in [3.63, 3.8) is 0 Å². The van der Waals surface area contributed by atoms with Crippen LogP contribution in [0.3, 0.4) is 0 Å². The summed E-state index contributed by atoms with van der Waals surface area (Å²) >= 11 is 0. The second-order valence-electron chi connectivity index (χ2n) is 7.01. The molecule has 2 aromatic rings. The van der Waals surface area contributed by atoms with E-state index in [1.165, 1.54) is 5.56 Å². The van der Waals surface area contributed by atoms with Gasteiger partial charge in [-0.05, 0) is 42.7 Å². The van der Waals surface area contributed by atoms with Gasteiger partial charge in [0, 0.05) is 30.4 Å². The average Bonchev–Trinajstić information content (AvgIpc) is 2.95. The van der Waals surface area contributed by atoms with Crippen molar-refractivity contribution in [3.8, 4) is 6.07 Å². The van der Waals surface area contributed by atoms with Gasteiger partial charge in [0.2, 0.25) is 5.91 Å². The number of hydrogen-bond acceptors (Lipinski definition) is 3. The fourth-order valence-electron chi connectivity index (χ4n) is 3.69. The van der Waals surface area contributed by atoms with E-state index in [-0.39, 0.29) is 5.91 Å². The summed E-state index contributed by atoms with van der Waals surface area (Å²) in [4.78, 5) is 17.1. The molecule has 1 aliphatic rings. The lowest BCUT2D eigenvalue weighted by molar-refractivity contribution is -0.117. The molecule has 4 heteroatoms. The van der Waals surface area contributed by atoms with Crippen molar-refractivity contribution in [1.82, 2.24) is 0 Å². The summed E-state index contributed by atoms with van der Waals surface area (Å²) in [5.74, 6) is 0.463. The number of para-hydroxylation sites is 1. The van der Waals surface area contributed by atoms with E-state index >= 15 is 0 Å². The van der Waals surface area contributed by atoms with E-state index in [4.69, 9.17) is 5.26 Å². The van der Waals surface area contributed by atoms with Crippen LogP contribution in [0.25, 0.3) is 0 Å². The van der Waals surface area contributed by atoms with Crippen molar-refractivity contribution in [2.45, 2.75) is 33.1 Å². The number of nitriles is 1. The van der Waals surface area contributed by atoms with Crippen molar-refractivity contribution in [2.24, 2.45) is 0 Å². The normalized spacial score (nSPS) is 15.5. The van der Waals surface area contributed by atoms with Crippen LogP contribution in [-0.4, -0.2) is 25.5 Å². The molecule has 26 heavy (non-hydrogen) atoms. The third-order valence-electron chi connectivity index (χ3n) is 5.24. The lowest BCUT2D eigenvalue weighted by atomic mass is 10.0. The molecule has 0 N–H and O–H groups in total. The number of nitrogens with zero attached hydrogens (tertiary/aromatic N) is 3. The Morgan fingerprint density at radius 1 is 1.23 bits per heavy atom. The van der Waals surface area contributed by atoms with E-state index in [9.17, 15) is 4.79 Å². The standard InChI is InChI=1S/C22H25N3O/c1-16-8-6-11-20(18(16)3)25(13-7-12-23)22(26)15-24-14-17(2)19-9-4-5-10-21(19)24/h4-6,8-11,17H,7,13-15H2,1-3H3. The maximum atomic E-state index is 13.2. The summed E-state index contributed by atoms with van der Waals surface area (Å²) in [6, 6.07) is 16.5. The van der Waals surface area contributed by atoms with Crippen LogP contribution in [0, 0.1) is 25.2 Å². The van der Waals surface area contributed by atoms with Gasteiger partial charge < -0.3 is 9.80 Å². The quantitative estimate of drug-likeness (QED) is 0.815. The molecule has 0 aliphatic carbocycles. The summed E-state index contributed by atoms with van der Waals surface area (Å²) in [6.07, 6.45) is 0.326. The van der Waals surface area contributed by atoms with Crippen LogP contribution in [0.1, 0.15) is 36.0 Å². The van der Waals surface area contributed by atoms with E-state index in [2.05, 4.69) is 36.1 Å². The van der Waals surface area contributed by atoms with Crippen molar-refractivity contribution in [2.75, 3.05) is 29.4 Å². The number of hydrogen-bond donors (Lipinski definition) is 0. The molecule has 1 heterocycles. The van der Waals surface area contributed by atoms with Gasteiger partial charge in [0.05, 0.1) is 19.0 Å². The third-order valence-corrected chi connectivity index (χ3v) is 5.24. The first-order valence-corrected chi connectivity index (χ1v) is 9.10. The molecule has 0 saturated carbocycles. The number of anilines is 2. The number of carbonyl (C=O) groups is 1. The van der Waals surface area contributed by atoms with Gasteiger partial charge in [-0.1, -0.05) is 37.3 Å². The molecule has 0 saturated heterocycles. The fraction of sp³-hybridized carbons (Fsp3) is 0.364. The molecular formula is C22H25N3O. The number of benzene rings is 2. The highest BCUT2D eigenvalue weighted by atomic mass is 16.2. The first-order valence-electron chi connectivity index (χ1n) is 9.10. The minimum atomic E-state index is 0.0397. The highest BCUT2D eigenvalue weighted by Gasteiger charge is 2.28. The van der Waals surface area contributed by atoms with E-state index in [1.54, 1.807) is 4.90 Å². The maximum Gasteiger partial charge on any atom is 0.246 e. The van der Waals surface area contributed by atoms with Crippen LogP contribution in [0.5, 0.6) is 0 Å². The predicted octanol–water partition coefficient (Wildman–Crippen LogP) is 4.17. The molecule has 0 radical (unpaired) electrons. The van der Waals surface area contributed by atoms with Gasteiger partial charge in [-0.2, -0.15) is 5.26 Å². The Morgan fingerprint density at radius 3 is 2.77 bits per heavy atom. The Labute approximate surface area is 155 Å². The van der Waals surface area contributed by atoms with Gasteiger partial charge in [0.1, 0.15) is 0 Å². The molecule has 1 amide bonds. The van der Waals surface area contributed by atoms with Gasteiger partial charge in [-0.3, -0.25) is 4.79 Å². The van der Waals surface area contributed by atoms with Crippen LogP contribution in [-0.2, 0) is 4.79 Å². The highest BCUT2D eigenvalue weighted by molar-refractivity contribution is 5.97. The Balaban J connectivity index is 1.85. The Morgan fingerprint density at radius 2 is 2.00 bits per heavy atom. The van der Waals surface area contributed by atoms with Crippen LogP contribution in [0.4, 0.5) is 11.4 Å². The second-order valence-corrected chi connectivity index (χ2v) is 7.01. The molecule has 3 rings (SSSR count). The van der Waals surface area contributed by atoms with Gasteiger partial charge in [0.25, 0.3) is 0 Å². The van der Waals surface area contributed by atoms with Crippen LogP contribution < -0.4 is 9.80 Å². The second kappa shape index (κ2) is 7.61. The summed E-state index contributed by atoms with van der Waals surface area (Å²) in [6.45, 7) is 7.88. The van der Waals surface area contributed by atoms with Crippen molar-refractivity contribution in [3.05, 3.63) is 59.2 Å². The SMILES string of the molecule is Cc1cccc(N(CCC#N)C(=O)CN2CC(C)c3ccccc32)c1C. The van der Waals surface area contributed by atoms with Gasteiger partial charge in [0.15, 0.2) is 0 Å². The van der Waals surface area contributed by atoms with Gasteiger partial charge in [-0.15, -0.1) is 0 Å². The molecule has 4 nitrogen and oxygen atoms in total. The number of fused-ring (bicyclic) bond motifs is 1. The number of carbonyl (C=O) groups excluding carboxylic acids is 1. The van der Waals surface area contributed by atoms with Crippen molar-refractivity contribution >= 4 is 17.3 Å². The van der Waals surface area contributed by atoms with E-state index in [0.29, 0.717) is 25.4 Å². The minimum absolute atomic E-state index is 0.0397. The van der Waals surface area contributed by atoms with Crippen molar-refractivity contribution in [1.29, 1.82) is 5.26 Å². The van der Waals surface area contributed by atoms with Crippen LogP contribution >= 0.6 is 0 Å². The largest absolute Gasteiger partial charge is 0.361 e. The molecular weight excluding hydrogens is 322 g/mol. The molecule has 1 unspecified atom stereocenters. The van der Waals surface area contributed by atoms with E-state index < -0.39 is 0 Å². The summed E-state index contributed by atoms with van der Waals surface area (Å²) < 4.78 is 0. The zero-order chi connectivity index (χ0) is 18.7. The molecule has 0 aromatic heterocycles. The van der Waals surface area contributed by atoms with Gasteiger partial charge in [-0.25, -0.2) is 0 Å². The van der Waals surface area contributed by atoms with Gasteiger partial charge >= 0.3 is 0 Å². The van der Waals surface area contributed by atoms with E-state index in [1.807, 2.05) is 38.1 Å². The molecule has 134 valence electrons. The Hall–Kier alpha value is -2.80. The zero-order valence-corrected chi connectivity index (χ0v) is 15.7. The molecule has 2 aromatic carbocycles. The lowest BCUT2D eigenvalue weighted by Crippen LogP contribution is -2.41. The monoisotopic (exact) mass is 347 g/mol. The lowest BCUT2D eigenvalue weighted by Gasteiger charge is -2.28. The Kier molecular flexibility index (Phi) is 5.27. The topological polar surface area (TPSA) is 47.3 Å². The molecule has 1 aliphatic heterocycles. The Bertz CT molecular complexity index is 853. The number of aryl methyl sites for hydroxylation is 1. The molecule has 0 bridgehead atoms. The fourth-order valence-corrected chi connectivity index (χ4v) is 3.69. The maximum absolute atomic E-state index is 13.2. The number of rotatable bonds is 5. The van der Waals surface area contributed by atoms with E-state index in [0.717, 1.165) is 29.0 Å². The average molecular weight is 347 g/mol. The number of amides is 1. The summed E-state index contributed by atoms with van der Waals surface area (Å²) in [5, 5.41) is 9.02.